The molecule has 1 N–H and O–H groups in total. The number of ether oxygens (including phenoxy) is 3. The lowest BCUT2D eigenvalue weighted by Gasteiger charge is -2.32. The summed E-state index contributed by atoms with van der Waals surface area (Å²) >= 11 is 0. The number of alkyl halides is 3. The Morgan fingerprint density at radius 3 is 2.11 bits per heavy atom. The smallest absolute Gasteiger partial charge is 0.407 e. The van der Waals surface area contributed by atoms with E-state index in [4.69, 9.17) is 14.2 Å². The number of hydrogen-bond acceptors (Lipinski definition) is 6. The van der Waals surface area contributed by atoms with Gasteiger partial charge in [0.05, 0.1) is 25.5 Å². The van der Waals surface area contributed by atoms with Gasteiger partial charge in [-0.15, -0.1) is 0 Å². The van der Waals surface area contributed by atoms with Crippen molar-refractivity contribution in [1.29, 1.82) is 0 Å². The Morgan fingerprint density at radius 2 is 1.50 bits per heavy atom. The normalized spacial score (nSPS) is 19.8. The van der Waals surface area contributed by atoms with Crippen LogP contribution in [0.3, 0.4) is 0 Å². The molecule has 0 spiro atoms. The summed E-state index contributed by atoms with van der Waals surface area (Å²) in [4.78, 5) is 0. The van der Waals surface area contributed by atoms with Crippen LogP contribution < -0.4 is 13.8 Å². The monoisotopic (exact) mass is 631 g/mol. The maximum absolute atomic E-state index is 14.1. The van der Waals surface area contributed by atoms with Crippen molar-refractivity contribution >= 4 is 26.9 Å². The molecule has 0 amide bonds. The number of anilines is 1. The summed E-state index contributed by atoms with van der Waals surface area (Å²) in [5, 5.41) is 8.60. The van der Waals surface area contributed by atoms with Crippen molar-refractivity contribution in [1.82, 2.24) is 0 Å². The van der Waals surface area contributed by atoms with Crippen LogP contribution in [0.15, 0.2) is 72.8 Å². The number of sulfonamides is 1. The first-order chi connectivity index (χ1) is 21.0. The van der Waals surface area contributed by atoms with Gasteiger partial charge in [0.2, 0.25) is 10.0 Å². The van der Waals surface area contributed by atoms with Gasteiger partial charge in [-0.1, -0.05) is 50.5 Å². The quantitative estimate of drug-likeness (QED) is 0.201. The first-order valence-corrected chi connectivity index (χ1v) is 16.2. The molecule has 0 radical (unpaired) electrons. The third-order valence-electron chi connectivity index (χ3n) is 7.97. The van der Waals surface area contributed by atoms with E-state index in [1.54, 1.807) is 24.3 Å². The second-order valence-electron chi connectivity index (χ2n) is 11.0. The zero-order valence-corrected chi connectivity index (χ0v) is 25.4. The Morgan fingerprint density at radius 1 is 0.886 bits per heavy atom. The largest absolute Gasteiger partial charge is 0.508 e. The molecule has 3 aromatic carbocycles. The Hall–Kier alpha value is -3.70. The number of hydrogen-bond donors (Lipinski definition) is 1. The number of aromatic hydroxyl groups is 1. The molecule has 0 aliphatic carbocycles. The van der Waals surface area contributed by atoms with E-state index in [0.29, 0.717) is 33.5 Å². The molecule has 44 heavy (non-hydrogen) atoms. The molecule has 1 saturated heterocycles. The zero-order chi connectivity index (χ0) is 31.5. The minimum absolute atomic E-state index is 0.0177. The van der Waals surface area contributed by atoms with Gasteiger partial charge >= 0.3 is 6.18 Å². The summed E-state index contributed by atoms with van der Waals surface area (Å²) in [5.41, 5.74) is 2.65. The highest BCUT2D eigenvalue weighted by molar-refractivity contribution is 7.93. The highest BCUT2D eigenvalue weighted by Crippen LogP contribution is 2.51. The topological polar surface area (TPSA) is 85.3 Å². The van der Waals surface area contributed by atoms with Crippen LogP contribution in [0.1, 0.15) is 50.2 Å². The number of phenolic OH excluding ortho intramolecular Hbond substituents is 1. The van der Waals surface area contributed by atoms with Crippen LogP contribution in [0.4, 0.5) is 18.9 Å². The van der Waals surface area contributed by atoms with E-state index >= 15 is 0 Å². The predicted molar refractivity (Wildman–Crippen MR) is 163 cm³/mol. The predicted octanol–water partition coefficient (Wildman–Crippen LogP) is 7.21. The van der Waals surface area contributed by atoms with E-state index in [2.05, 4.69) is 6.92 Å². The Labute approximate surface area is 255 Å². The highest BCUT2D eigenvalue weighted by atomic mass is 32.2. The maximum atomic E-state index is 14.1. The van der Waals surface area contributed by atoms with Crippen molar-refractivity contribution in [3.63, 3.8) is 0 Å². The number of fused-ring (bicyclic) bond motifs is 2. The van der Waals surface area contributed by atoms with Gasteiger partial charge in [0.25, 0.3) is 0 Å². The fraction of sp³-hybridized carbons (Fsp3) is 0.394. The van der Waals surface area contributed by atoms with Crippen LogP contribution in [0.25, 0.3) is 11.1 Å². The van der Waals surface area contributed by atoms with E-state index in [0.717, 1.165) is 36.8 Å². The second-order valence-corrected chi connectivity index (χ2v) is 13.1. The average Bonchev–Trinajstić information content (AvgIpc) is 3.60. The van der Waals surface area contributed by atoms with Crippen LogP contribution in [0, 0.1) is 0 Å². The lowest BCUT2D eigenvalue weighted by molar-refractivity contribution is -0.117. The minimum Gasteiger partial charge on any atom is -0.508 e. The van der Waals surface area contributed by atoms with E-state index in [1.165, 1.54) is 43.5 Å². The summed E-state index contributed by atoms with van der Waals surface area (Å²) in [5.74, 6) is 1.13. The standard InChI is InChI=1S/C33H36F3NO6S/c1-3-4-5-6-19-42-27-15-9-23(10-16-27)31-30(22-7-13-25(38)14-8-22)28-20-29(32(31)43-28)44(39,40)37(21-33(34,35)36)24-11-17-26(41-2)18-12-24/h7-18,28-29,32,38H,3-6,19-21H2,1-2H3/t28-,29+,32+/m1/s1. The van der Waals surface area contributed by atoms with E-state index < -0.39 is 40.2 Å². The van der Waals surface area contributed by atoms with Gasteiger partial charge in [0.15, 0.2) is 0 Å². The molecule has 1 fully saturated rings. The fourth-order valence-corrected chi connectivity index (χ4v) is 7.85. The van der Waals surface area contributed by atoms with Gasteiger partial charge in [-0.25, -0.2) is 8.42 Å². The molecule has 2 aliphatic rings. The van der Waals surface area contributed by atoms with Gasteiger partial charge in [-0.2, -0.15) is 13.2 Å². The van der Waals surface area contributed by atoms with Gasteiger partial charge in [-0.05, 0) is 83.6 Å². The van der Waals surface area contributed by atoms with E-state index in [1.807, 2.05) is 12.1 Å². The number of rotatable bonds is 13. The van der Waals surface area contributed by atoms with Gasteiger partial charge < -0.3 is 19.3 Å². The third-order valence-corrected chi connectivity index (χ3v) is 10.1. The summed E-state index contributed by atoms with van der Waals surface area (Å²) in [6, 6.07) is 19.2. The molecular weight excluding hydrogens is 595 g/mol. The fourth-order valence-electron chi connectivity index (χ4n) is 5.85. The lowest BCUT2D eigenvalue weighted by Crippen LogP contribution is -2.47. The highest BCUT2D eigenvalue weighted by Gasteiger charge is 2.55. The molecule has 7 nitrogen and oxygen atoms in total. The molecule has 2 bridgehead atoms. The maximum Gasteiger partial charge on any atom is 0.407 e. The Kier molecular flexibility index (Phi) is 9.45. The second kappa shape index (κ2) is 13.1. The van der Waals surface area contributed by atoms with Crippen LogP contribution in [-0.4, -0.2) is 57.4 Å². The van der Waals surface area contributed by atoms with Crippen molar-refractivity contribution in [2.24, 2.45) is 0 Å². The summed E-state index contributed by atoms with van der Waals surface area (Å²) < 4.78 is 87.2. The minimum atomic E-state index is -4.78. The van der Waals surface area contributed by atoms with Crippen molar-refractivity contribution in [3.8, 4) is 17.2 Å². The van der Waals surface area contributed by atoms with Crippen LogP contribution in [-0.2, 0) is 14.8 Å². The molecule has 236 valence electrons. The molecule has 0 unspecified atom stereocenters. The number of benzene rings is 3. The van der Waals surface area contributed by atoms with E-state index in [-0.39, 0.29) is 17.9 Å². The summed E-state index contributed by atoms with van der Waals surface area (Å²) in [7, 11) is -3.16. The number of phenols is 1. The van der Waals surface area contributed by atoms with Crippen molar-refractivity contribution in [2.75, 3.05) is 24.6 Å². The molecule has 2 aliphatic heterocycles. The summed E-state index contributed by atoms with van der Waals surface area (Å²) in [6.07, 6.45) is -2.20. The number of unbranched alkanes of at least 4 members (excludes halogenated alkanes) is 3. The molecule has 2 heterocycles. The van der Waals surface area contributed by atoms with Gasteiger partial charge in [0, 0.05) is 0 Å². The molecule has 5 rings (SSSR count). The number of halogens is 3. The molecule has 0 aromatic heterocycles. The lowest BCUT2D eigenvalue weighted by atomic mass is 9.83. The van der Waals surface area contributed by atoms with Gasteiger partial charge in [0.1, 0.15) is 35.1 Å². The van der Waals surface area contributed by atoms with Crippen molar-refractivity contribution < 1.29 is 40.9 Å². The molecule has 11 heteroatoms. The molecular formula is C33H36F3NO6S. The van der Waals surface area contributed by atoms with Crippen molar-refractivity contribution in [2.45, 2.75) is 62.7 Å². The molecule has 3 atom stereocenters. The van der Waals surface area contributed by atoms with Crippen molar-refractivity contribution in [3.05, 3.63) is 83.9 Å². The van der Waals surface area contributed by atoms with Gasteiger partial charge in [-0.3, -0.25) is 4.31 Å². The van der Waals surface area contributed by atoms with Crippen LogP contribution in [0.2, 0.25) is 0 Å². The van der Waals surface area contributed by atoms with Crippen LogP contribution in [0.5, 0.6) is 17.2 Å². The zero-order valence-electron chi connectivity index (χ0n) is 24.6. The van der Waals surface area contributed by atoms with E-state index in [9.17, 15) is 26.7 Å². The molecule has 0 saturated carbocycles. The first-order valence-electron chi connectivity index (χ1n) is 14.7. The average molecular weight is 632 g/mol. The SMILES string of the molecule is CCCCCCOc1ccc(C2=C(c3ccc(O)cc3)[C@H]3C[C@H](S(=O)(=O)N(CC(F)(F)F)c4ccc(OC)cc4)[C@@H]2O3)cc1. The summed E-state index contributed by atoms with van der Waals surface area (Å²) in [6.45, 7) is 1.04. The Bertz CT molecular complexity index is 1560. The number of methoxy groups -OCH3 is 1. The Balaban J connectivity index is 1.50. The number of nitrogens with zero attached hydrogens (tertiary/aromatic N) is 1. The third kappa shape index (κ3) is 6.83. The van der Waals surface area contributed by atoms with Crippen LogP contribution >= 0.6 is 0 Å². The first kappa shape index (κ1) is 31.7. The molecule has 3 aromatic rings.